The fourth-order valence-corrected chi connectivity index (χ4v) is 3.95. The molecule has 0 N–H and O–H groups in total. The zero-order valence-corrected chi connectivity index (χ0v) is 12.9. The van der Waals surface area contributed by atoms with E-state index in [0.29, 0.717) is 6.54 Å². The van der Waals surface area contributed by atoms with E-state index in [0.717, 1.165) is 9.26 Å². The van der Waals surface area contributed by atoms with Crippen LogP contribution in [-0.2, 0) is 13.8 Å². The van der Waals surface area contributed by atoms with Crippen molar-refractivity contribution in [1.29, 1.82) is 0 Å². The fraction of sp³-hybridized carbons (Fsp3) is 0.400. The number of nitrogens with zero attached hydrogens (tertiary/aromatic N) is 2. The van der Waals surface area contributed by atoms with Crippen LogP contribution < -0.4 is 4.90 Å². The van der Waals surface area contributed by atoms with E-state index in [1.54, 1.807) is 23.4 Å². The van der Waals surface area contributed by atoms with Crippen LogP contribution in [0.1, 0.15) is 6.42 Å². The second-order valence-electron chi connectivity index (χ2n) is 4.11. The molecule has 1 unspecified atom stereocenters. The summed E-state index contributed by atoms with van der Waals surface area (Å²) in [6.45, 7) is 0.380. The summed E-state index contributed by atoms with van der Waals surface area (Å²) in [4.78, 5) is 17.4. The summed E-state index contributed by atoms with van der Waals surface area (Å²) in [7, 11) is 1.65. The highest BCUT2D eigenvalue weighted by Crippen LogP contribution is 2.29. The lowest BCUT2D eigenvalue weighted by molar-refractivity contribution is -0.117. The van der Waals surface area contributed by atoms with Crippen molar-refractivity contribution < 1.29 is 13.2 Å². The summed E-state index contributed by atoms with van der Waals surface area (Å²) in [5, 5.41) is 0. The number of amides is 1. The molecule has 1 atom stereocenters. The average molecular weight is 401 g/mol. The summed E-state index contributed by atoms with van der Waals surface area (Å²) >= 11 is 2.09. The minimum Gasteiger partial charge on any atom is -0.311 e. The normalized spacial score (nSPS) is 20.4. The molecule has 1 aliphatic rings. The second-order valence-corrected chi connectivity index (χ2v) is 8.09. The Balaban J connectivity index is 2.18. The van der Waals surface area contributed by atoms with Gasteiger partial charge in [0, 0.05) is 42.0 Å². The lowest BCUT2D eigenvalue weighted by Gasteiger charge is -2.17. The van der Waals surface area contributed by atoms with E-state index in [-0.39, 0.29) is 24.0 Å². The van der Waals surface area contributed by atoms with Crippen LogP contribution in [-0.4, -0.2) is 31.6 Å². The van der Waals surface area contributed by atoms with E-state index in [9.17, 15) is 13.2 Å². The Morgan fingerprint density at radius 3 is 2.89 bits per heavy atom. The molecule has 0 spiro atoms. The summed E-state index contributed by atoms with van der Waals surface area (Å²) < 4.78 is 22.9. The molecule has 2 heterocycles. The molecule has 0 saturated carbocycles. The molecule has 8 heteroatoms. The molecule has 0 radical (unpaired) electrons. The van der Waals surface area contributed by atoms with Crippen LogP contribution in [0.15, 0.2) is 18.5 Å². The first-order valence-electron chi connectivity index (χ1n) is 5.19. The molecule has 98 valence electrons. The van der Waals surface area contributed by atoms with Crippen LogP contribution in [0.5, 0.6) is 0 Å². The van der Waals surface area contributed by atoms with Crippen LogP contribution in [0.4, 0.5) is 5.69 Å². The van der Waals surface area contributed by atoms with Gasteiger partial charge in [0.2, 0.25) is 15.0 Å². The Morgan fingerprint density at radius 2 is 2.28 bits per heavy atom. The van der Waals surface area contributed by atoms with Crippen LogP contribution >= 0.6 is 33.3 Å². The van der Waals surface area contributed by atoms with Crippen LogP contribution in [0, 0.1) is 9.49 Å². The third-order valence-corrected chi connectivity index (χ3v) is 4.76. The summed E-state index contributed by atoms with van der Waals surface area (Å²) in [5.41, 5.74) is 0.769. The highest BCUT2D eigenvalue weighted by molar-refractivity contribution is 14.1. The predicted molar refractivity (Wildman–Crippen MR) is 77.1 cm³/mol. The first kappa shape index (κ1) is 14.0. The quantitative estimate of drug-likeness (QED) is 0.571. The molecular weight excluding hydrogens is 391 g/mol. The van der Waals surface area contributed by atoms with Crippen LogP contribution in [0.25, 0.3) is 0 Å². The van der Waals surface area contributed by atoms with Gasteiger partial charge in [0.25, 0.3) is 0 Å². The predicted octanol–water partition coefficient (Wildman–Crippen LogP) is 1.61. The molecule has 0 bridgehead atoms. The number of halogens is 2. The molecule has 1 aliphatic heterocycles. The molecule has 1 amide bonds. The standard InChI is InChI=1S/C10H10ClIN2O3S/c11-18(16,17)6-7-3-10(15)14(5-7)9-1-2-13-4-8(9)12/h1-2,4,7H,3,5-6H2. The summed E-state index contributed by atoms with van der Waals surface area (Å²) in [6.07, 6.45) is 3.48. The van der Waals surface area contributed by atoms with E-state index in [2.05, 4.69) is 27.6 Å². The Labute approximate surface area is 123 Å². The Bertz CT molecular complexity index is 578. The zero-order chi connectivity index (χ0) is 13.3. The molecule has 1 fully saturated rings. The van der Waals surface area contributed by atoms with Crippen LogP contribution in [0.2, 0.25) is 0 Å². The van der Waals surface area contributed by atoms with Gasteiger partial charge in [-0.2, -0.15) is 0 Å². The third-order valence-electron chi connectivity index (χ3n) is 2.68. The van der Waals surface area contributed by atoms with Gasteiger partial charge in [-0.3, -0.25) is 9.78 Å². The summed E-state index contributed by atoms with van der Waals surface area (Å²) in [5.74, 6) is -0.494. The van der Waals surface area contributed by atoms with Gasteiger partial charge in [-0.1, -0.05) is 0 Å². The van der Waals surface area contributed by atoms with E-state index in [4.69, 9.17) is 10.7 Å². The molecule has 1 aromatic heterocycles. The third kappa shape index (κ3) is 3.33. The van der Waals surface area contributed by atoms with Crippen molar-refractivity contribution in [2.45, 2.75) is 6.42 Å². The topological polar surface area (TPSA) is 67.3 Å². The molecule has 1 saturated heterocycles. The Hall–Kier alpha value is -0.410. The number of rotatable bonds is 3. The molecule has 2 rings (SSSR count). The van der Waals surface area contributed by atoms with Crippen molar-refractivity contribution in [3.05, 3.63) is 22.0 Å². The van der Waals surface area contributed by atoms with E-state index < -0.39 is 9.05 Å². The van der Waals surface area contributed by atoms with Gasteiger partial charge < -0.3 is 4.90 Å². The van der Waals surface area contributed by atoms with Gasteiger partial charge in [-0.15, -0.1) is 0 Å². The van der Waals surface area contributed by atoms with Crippen molar-refractivity contribution in [2.24, 2.45) is 5.92 Å². The van der Waals surface area contributed by atoms with Gasteiger partial charge in [0.05, 0.1) is 15.0 Å². The minimum atomic E-state index is -3.57. The van der Waals surface area contributed by atoms with Gasteiger partial charge in [-0.05, 0) is 28.7 Å². The molecule has 5 nitrogen and oxygen atoms in total. The van der Waals surface area contributed by atoms with Crippen molar-refractivity contribution in [3.8, 4) is 0 Å². The number of hydrogen-bond acceptors (Lipinski definition) is 4. The first-order valence-corrected chi connectivity index (χ1v) is 8.75. The van der Waals surface area contributed by atoms with E-state index in [1.165, 1.54) is 0 Å². The van der Waals surface area contributed by atoms with Crippen LogP contribution in [0.3, 0.4) is 0 Å². The molecule has 18 heavy (non-hydrogen) atoms. The maximum atomic E-state index is 11.9. The Kier molecular flexibility index (Phi) is 4.12. The van der Waals surface area contributed by atoms with E-state index >= 15 is 0 Å². The zero-order valence-electron chi connectivity index (χ0n) is 9.21. The number of carbonyl (C=O) groups is 1. The first-order chi connectivity index (χ1) is 8.37. The number of pyridine rings is 1. The maximum Gasteiger partial charge on any atom is 0.232 e. The summed E-state index contributed by atoms with van der Waals surface area (Å²) in [6, 6.07) is 1.75. The number of anilines is 1. The monoisotopic (exact) mass is 400 g/mol. The average Bonchev–Trinajstić information content (AvgIpc) is 2.57. The largest absolute Gasteiger partial charge is 0.311 e. The lowest BCUT2D eigenvalue weighted by atomic mass is 10.1. The van der Waals surface area contributed by atoms with Crippen molar-refractivity contribution in [1.82, 2.24) is 4.98 Å². The van der Waals surface area contributed by atoms with Gasteiger partial charge in [0.1, 0.15) is 0 Å². The SMILES string of the molecule is O=C1CC(CS(=O)(=O)Cl)CN1c1ccncc1I. The minimum absolute atomic E-state index is 0.0792. The fourth-order valence-electron chi connectivity index (χ4n) is 1.99. The van der Waals surface area contributed by atoms with Crippen molar-refractivity contribution in [2.75, 3.05) is 17.2 Å². The van der Waals surface area contributed by atoms with E-state index in [1.807, 2.05) is 0 Å². The lowest BCUT2D eigenvalue weighted by Crippen LogP contribution is -2.26. The smallest absolute Gasteiger partial charge is 0.232 e. The highest BCUT2D eigenvalue weighted by Gasteiger charge is 2.33. The van der Waals surface area contributed by atoms with Crippen molar-refractivity contribution in [3.63, 3.8) is 0 Å². The van der Waals surface area contributed by atoms with Gasteiger partial charge >= 0.3 is 0 Å². The number of aromatic nitrogens is 1. The maximum absolute atomic E-state index is 11.9. The Morgan fingerprint density at radius 1 is 1.56 bits per heavy atom. The van der Waals surface area contributed by atoms with Gasteiger partial charge in [-0.25, -0.2) is 8.42 Å². The second kappa shape index (κ2) is 5.30. The number of hydrogen-bond donors (Lipinski definition) is 0. The van der Waals surface area contributed by atoms with Crippen molar-refractivity contribution >= 4 is 53.9 Å². The molecule has 0 aromatic carbocycles. The number of carbonyl (C=O) groups excluding carboxylic acids is 1. The molecule has 0 aliphatic carbocycles. The molecular formula is C10H10ClIN2O3S. The molecule has 1 aromatic rings. The van der Waals surface area contributed by atoms with Gasteiger partial charge in [0.15, 0.2) is 0 Å². The highest BCUT2D eigenvalue weighted by atomic mass is 127.